The van der Waals surface area contributed by atoms with Crippen LogP contribution >= 0.6 is 0 Å². The molecule has 0 bridgehead atoms. The van der Waals surface area contributed by atoms with Crippen molar-refractivity contribution in [1.29, 1.82) is 0 Å². The molecule has 0 heterocycles. The van der Waals surface area contributed by atoms with Gasteiger partial charge in [0, 0.05) is 0 Å². The highest BCUT2D eigenvalue weighted by Gasteiger charge is 1.93. The van der Waals surface area contributed by atoms with E-state index < -0.39 is 0 Å². The molecule has 1 nitrogen and oxygen atoms in total. The molecule has 0 radical (unpaired) electrons. The fourth-order valence-corrected chi connectivity index (χ4v) is 1.03. The Morgan fingerprint density at radius 3 is 2.07 bits per heavy atom. The van der Waals surface area contributed by atoms with Gasteiger partial charge < -0.3 is 4.74 Å². The van der Waals surface area contributed by atoms with Crippen LogP contribution in [0.2, 0.25) is 0 Å². The molecule has 0 saturated heterocycles. The van der Waals surface area contributed by atoms with Crippen LogP contribution in [0.4, 0.5) is 0 Å². The van der Waals surface area contributed by atoms with Crippen LogP contribution in [0.3, 0.4) is 0 Å². The molecule has 0 aliphatic carbocycles. The molecule has 0 amide bonds. The second kappa shape index (κ2) is 9.32. The van der Waals surface area contributed by atoms with Crippen molar-refractivity contribution in [3.05, 3.63) is 48.2 Å². The van der Waals surface area contributed by atoms with Crippen LogP contribution in [0.25, 0.3) is 0 Å². The number of hydrogen-bond donors (Lipinski definition) is 0. The number of hydrogen-bond acceptors (Lipinski definition) is 1. The third kappa shape index (κ3) is 7.80. The van der Waals surface area contributed by atoms with Crippen LogP contribution in [-0.2, 0) is 4.74 Å². The number of allylic oxidation sites excluding steroid dienone is 1. The maximum atomic E-state index is 4.80. The van der Waals surface area contributed by atoms with Crippen LogP contribution < -0.4 is 0 Å². The summed E-state index contributed by atoms with van der Waals surface area (Å²) in [5.74, 6) is 0.659. The van der Waals surface area contributed by atoms with Crippen molar-refractivity contribution in [3.8, 4) is 0 Å². The maximum absolute atomic E-state index is 4.80. The summed E-state index contributed by atoms with van der Waals surface area (Å²) in [6.45, 7) is 9.06. The van der Waals surface area contributed by atoms with Crippen molar-refractivity contribution >= 4 is 0 Å². The van der Waals surface area contributed by atoms with Gasteiger partial charge in [0.15, 0.2) is 0 Å². The highest BCUT2D eigenvalue weighted by atomic mass is 16.5. The number of benzene rings is 1. The molecule has 84 valence electrons. The smallest absolute Gasteiger partial charge is 0.0845 e. The maximum Gasteiger partial charge on any atom is 0.0845 e. The van der Waals surface area contributed by atoms with Gasteiger partial charge >= 0.3 is 0 Å². The van der Waals surface area contributed by atoms with Gasteiger partial charge in [-0.2, -0.15) is 0 Å². The summed E-state index contributed by atoms with van der Waals surface area (Å²) in [4.78, 5) is 0. The molecule has 1 rings (SSSR count). The fraction of sp³-hybridized carbons (Fsp3) is 0.429. The van der Waals surface area contributed by atoms with Crippen LogP contribution in [0.1, 0.15) is 39.2 Å². The summed E-state index contributed by atoms with van der Waals surface area (Å²) >= 11 is 0. The van der Waals surface area contributed by atoms with Gasteiger partial charge in [0.2, 0.25) is 0 Å². The summed E-state index contributed by atoms with van der Waals surface area (Å²) in [5.41, 5.74) is 1.41. The minimum absolute atomic E-state index is 0.659. The first-order chi connectivity index (χ1) is 7.22. The van der Waals surface area contributed by atoms with Gasteiger partial charge in [-0.25, -0.2) is 0 Å². The third-order valence-corrected chi connectivity index (χ3v) is 1.87. The van der Waals surface area contributed by atoms with E-state index in [4.69, 9.17) is 4.74 Å². The van der Waals surface area contributed by atoms with E-state index >= 15 is 0 Å². The molecule has 0 unspecified atom stereocenters. The fourth-order valence-electron chi connectivity index (χ4n) is 1.03. The van der Waals surface area contributed by atoms with E-state index in [0.717, 1.165) is 6.61 Å². The quantitative estimate of drug-likeness (QED) is 0.667. The van der Waals surface area contributed by atoms with Gasteiger partial charge in [-0.3, -0.25) is 0 Å². The molecule has 0 fully saturated rings. The highest BCUT2D eigenvalue weighted by molar-refractivity contribution is 5.17. The van der Waals surface area contributed by atoms with E-state index in [1.54, 1.807) is 6.26 Å². The minimum Gasteiger partial charge on any atom is -0.502 e. The van der Waals surface area contributed by atoms with Gasteiger partial charge in [-0.05, 0) is 25.3 Å². The Bertz CT molecular complexity index is 249. The summed E-state index contributed by atoms with van der Waals surface area (Å²) in [6.07, 6.45) is 3.55. The SMILES string of the molecule is CC(C)c1ccccc1.CC=COCC. The van der Waals surface area contributed by atoms with Crippen molar-refractivity contribution in [1.82, 2.24) is 0 Å². The second-order valence-corrected chi connectivity index (χ2v) is 3.49. The molecule has 1 heteroatoms. The molecule has 1 aromatic carbocycles. The molecule has 0 N–H and O–H groups in total. The van der Waals surface area contributed by atoms with Crippen molar-refractivity contribution < 1.29 is 4.74 Å². The average Bonchev–Trinajstić information content (AvgIpc) is 2.28. The van der Waals surface area contributed by atoms with Gasteiger partial charge in [-0.15, -0.1) is 0 Å². The Kier molecular flexibility index (Phi) is 8.55. The number of ether oxygens (including phenoxy) is 1. The zero-order valence-electron chi connectivity index (χ0n) is 10.2. The predicted octanol–water partition coefficient (Wildman–Crippen LogP) is 4.37. The highest BCUT2D eigenvalue weighted by Crippen LogP contribution is 2.11. The van der Waals surface area contributed by atoms with Gasteiger partial charge in [0.05, 0.1) is 12.9 Å². The van der Waals surface area contributed by atoms with E-state index in [0.29, 0.717) is 5.92 Å². The molecule has 0 spiro atoms. The Balaban J connectivity index is 0.000000288. The Morgan fingerprint density at radius 2 is 1.80 bits per heavy atom. The molecule has 1 aromatic rings. The van der Waals surface area contributed by atoms with E-state index in [1.165, 1.54) is 5.56 Å². The molecule has 0 saturated carbocycles. The lowest BCUT2D eigenvalue weighted by Crippen LogP contribution is -1.83. The summed E-state index contributed by atoms with van der Waals surface area (Å²) in [6, 6.07) is 10.5. The largest absolute Gasteiger partial charge is 0.502 e. The lowest BCUT2D eigenvalue weighted by molar-refractivity contribution is 0.269. The average molecular weight is 206 g/mol. The predicted molar refractivity (Wildman–Crippen MR) is 67.0 cm³/mol. The van der Waals surface area contributed by atoms with Crippen LogP contribution in [0.5, 0.6) is 0 Å². The molecule has 0 atom stereocenters. The molecule has 0 aromatic heterocycles. The zero-order chi connectivity index (χ0) is 11.5. The third-order valence-electron chi connectivity index (χ3n) is 1.87. The topological polar surface area (TPSA) is 9.23 Å². The minimum atomic E-state index is 0.659. The standard InChI is InChI=1S/C9H12.C5H10O/c1-8(2)9-6-4-3-5-7-9;1-3-5-6-4-2/h3-8H,1-2H3;3,5H,4H2,1-2H3. The molecular weight excluding hydrogens is 184 g/mol. The van der Waals surface area contributed by atoms with Crippen molar-refractivity contribution in [2.45, 2.75) is 33.6 Å². The Labute approximate surface area is 93.8 Å². The number of rotatable bonds is 3. The van der Waals surface area contributed by atoms with Crippen LogP contribution in [0, 0.1) is 0 Å². The van der Waals surface area contributed by atoms with Crippen LogP contribution in [0.15, 0.2) is 42.7 Å². The zero-order valence-corrected chi connectivity index (χ0v) is 10.2. The summed E-state index contributed by atoms with van der Waals surface area (Å²) in [7, 11) is 0. The van der Waals surface area contributed by atoms with E-state index in [1.807, 2.05) is 26.0 Å². The molecular formula is C14H22O. The molecule has 0 aliphatic heterocycles. The normalized spacial score (nSPS) is 9.93. The first-order valence-electron chi connectivity index (χ1n) is 5.50. The Hall–Kier alpha value is -1.24. The second-order valence-electron chi connectivity index (χ2n) is 3.49. The van der Waals surface area contributed by atoms with Crippen molar-refractivity contribution in [2.24, 2.45) is 0 Å². The monoisotopic (exact) mass is 206 g/mol. The van der Waals surface area contributed by atoms with E-state index in [9.17, 15) is 0 Å². The first-order valence-corrected chi connectivity index (χ1v) is 5.50. The Morgan fingerprint density at radius 1 is 1.20 bits per heavy atom. The van der Waals surface area contributed by atoms with Crippen molar-refractivity contribution in [3.63, 3.8) is 0 Å². The van der Waals surface area contributed by atoms with Gasteiger partial charge in [0.25, 0.3) is 0 Å². The first kappa shape index (κ1) is 13.8. The lowest BCUT2D eigenvalue weighted by atomic mass is 10.0. The van der Waals surface area contributed by atoms with E-state index in [-0.39, 0.29) is 0 Å². The van der Waals surface area contributed by atoms with Crippen LogP contribution in [-0.4, -0.2) is 6.61 Å². The summed E-state index contributed by atoms with van der Waals surface area (Å²) < 4.78 is 4.80. The lowest BCUT2D eigenvalue weighted by Gasteiger charge is -2.01. The van der Waals surface area contributed by atoms with Crippen molar-refractivity contribution in [2.75, 3.05) is 6.61 Å². The summed E-state index contributed by atoms with van der Waals surface area (Å²) in [5, 5.41) is 0. The van der Waals surface area contributed by atoms with Gasteiger partial charge in [0.1, 0.15) is 0 Å². The molecule has 15 heavy (non-hydrogen) atoms. The van der Waals surface area contributed by atoms with Gasteiger partial charge in [-0.1, -0.05) is 50.3 Å². The van der Waals surface area contributed by atoms with E-state index in [2.05, 4.69) is 38.1 Å². The molecule has 0 aliphatic rings.